The van der Waals surface area contributed by atoms with Crippen molar-refractivity contribution in [2.75, 3.05) is 5.32 Å². The van der Waals surface area contributed by atoms with Gasteiger partial charge in [-0.25, -0.2) is 4.39 Å². The van der Waals surface area contributed by atoms with E-state index in [1.54, 1.807) is 6.07 Å². The van der Waals surface area contributed by atoms with E-state index in [1.165, 1.54) is 24.3 Å². The van der Waals surface area contributed by atoms with Gasteiger partial charge in [0.15, 0.2) is 0 Å². The van der Waals surface area contributed by atoms with Crippen molar-refractivity contribution in [3.8, 4) is 6.07 Å². The molecule has 1 amide bonds. The van der Waals surface area contributed by atoms with Crippen molar-refractivity contribution in [1.29, 1.82) is 5.26 Å². The van der Waals surface area contributed by atoms with Gasteiger partial charge in [0.25, 0.3) is 5.91 Å². The molecule has 0 atom stereocenters. The van der Waals surface area contributed by atoms with E-state index >= 15 is 0 Å². The number of rotatable bonds is 5. The molecule has 4 nitrogen and oxygen atoms in total. The van der Waals surface area contributed by atoms with Crippen molar-refractivity contribution in [2.24, 2.45) is 0 Å². The zero-order valence-electron chi connectivity index (χ0n) is 16.3. The minimum atomic E-state index is -0.665. The second-order valence-electron chi connectivity index (χ2n) is 6.96. The van der Waals surface area contributed by atoms with Gasteiger partial charge in [0.1, 0.15) is 17.5 Å². The summed E-state index contributed by atoms with van der Waals surface area (Å²) < 4.78 is 15.9. The Bertz CT molecular complexity index is 1330. The largest absolute Gasteiger partial charge is 0.342 e. The molecule has 0 aliphatic rings. The molecule has 152 valence electrons. The molecule has 0 unspecified atom stereocenters. The molecule has 1 aromatic heterocycles. The van der Waals surface area contributed by atoms with Gasteiger partial charge in [-0.1, -0.05) is 54.1 Å². The zero-order valence-corrected chi connectivity index (χ0v) is 17.1. The molecule has 4 rings (SSSR count). The lowest BCUT2D eigenvalue weighted by atomic mass is 10.1. The highest BCUT2D eigenvalue weighted by molar-refractivity contribution is 6.30. The highest BCUT2D eigenvalue weighted by atomic mass is 35.5. The molecule has 0 fully saturated rings. The molecule has 31 heavy (non-hydrogen) atoms. The molecule has 0 saturated heterocycles. The van der Waals surface area contributed by atoms with Crippen LogP contribution in [0.15, 0.2) is 84.6 Å². The number of hydrogen-bond donors (Lipinski definition) is 1. The van der Waals surface area contributed by atoms with Gasteiger partial charge in [0.05, 0.1) is 5.69 Å². The number of hydrogen-bond acceptors (Lipinski definition) is 2. The highest BCUT2D eigenvalue weighted by Gasteiger charge is 2.14. The molecule has 0 bridgehead atoms. The molecule has 3 aromatic carbocycles. The second-order valence-corrected chi connectivity index (χ2v) is 7.40. The van der Waals surface area contributed by atoms with Crippen LogP contribution in [0, 0.1) is 17.1 Å². The molecule has 6 heteroatoms. The number of carbonyl (C=O) groups excluding carboxylic acids is 1. The lowest BCUT2D eigenvalue weighted by Gasteiger charge is -2.05. The van der Waals surface area contributed by atoms with E-state index in [0.29, 0.717) is 11.6 Å². The van der Waals surface area contributed by atoms with Gasteiger partial charge >= 0.3 is 0 Å². The summed E-state index contributed by atoms with van der Waals surface area (Å²) in [6, 6.07) is 23.1. The highest BCUT2D eigenvalue weighted by Crippen LogP contribution is 2.25. The summed E-state index contributed by atoms with van der Waals surface area (Å²) >= 11 is 5.98. The summed E-state index contributed by atoms with van der Waals surface area (Å²) in [4.78, 5) is 12.6. The number of nitrogens with one attached hydrogen (secondary N) is 1. The Morgan fingerprint density at radius 2 is 1.77 bits per heavy atom. The van der Waals surface area contributed by atoms with E-state index < -0.39 is 11.7 Å². The van der Waals surface area contributed by atoms with Crippen molar-refractivity contribution in [2.45, 2.75) is 6.54 Å². The summed E-state index contributed by atoms with van der Waals surface area (Å²) in [5.41, 5.74) is 2.68. The quantitative estimate of drug-likeness (QED) is 0.311. The van der Waals surface area contributed by atoms with E-state index in [0.717, 1.165) is 22.0 Å². The first-order valence-electron chi connectivity index (χ1n) is 9.55. The third kappa shape index (κ3) is 4.50. The number of carbonyl (C=O) groups is 1. The van der Waals surface area contributed by atoms with Crippen LogP contribution in [0.4, 0.5) is 10.1 Å². The van der Waals surface area contributed by atoms with E-state index in [2.05, 4.69) is 5.32 Å². The summed E-state index contributed by atoms with van der Waals surface area (Å²) in [5.74, 6) is -1.23. The van der Waals surface area contributed by atoms with Crippen molar-refractivity contribution in [1.82, 2.24) is 4.57 Å². The van der Waals surface area contributed by atoms with Gasteiger partial charge in [0.2, 0.25) is 0 Å². The van der Waals surface area contributed by atoms with Crippen molar-refractivity contribution >= 4 is 40.2 Å². The zero-order chi connectivity index (χ0) is 21.8. The van der Waals surface area contributed by atoms with Crippen LogP contribution in [0.5, 0.6) is 0 Å². The SMILES string of the molecule is N#C/C(=C/c1cn(Cc2ccc(Cl)cc2)c2ccccc12)C(=O)Nc1ccccc1F. The number of nitriles is 1. The number of aromatic nitrogens is 1. The average molecular weight is 430 g/mol. The normalized spacial score (nSPS) is 11.3. The molecule has 1 N–H and O–H groups in total. The lowest BCUT2D eigenvalue weighted by Crippen LogP contribution is -2.14. The summed E-state index contributed by atoms with van der Waals surface area (Å²) in [6.45, 7) is 0.606. The Kier molecular flexibility index (Phi) is 5.83. The van der Waals surface area contributed by atoms with E-state index in [9.17, 15) is 14.4 Å². The number of para-hydroxylation sites is 2. The van der Waals surface area contributed by atoms with Gasteiger partial charge in [-0.3, -0.25) is 4.79 Å². The van der Waals surface area contributed by atoms with E-state index in [4.69, 9.17) is 11.6 Å². The van der Waals surface area contributed by atoms with Crippen LogP contribution in [-0.4, -0.2) is 10.5 Å². The molecule has 4 aromatic rings. The van der Waals surface area contributed by atoms with Crippen molar-refractivity contribution in [3.63, 3.8) is 0 Å². The van der Waals surface area contributed by atoms with Crippen LogP contribution in [-0.2, 0) is 11.3 Å². The Labute approximate surface area is 183 Å². The van der Waals surface area contributed by atoms with Gasteiger partial charge < -0.3 is 9.88 Å². The lowest BCUT2D eigenvalue weighted by molar-refractivity contribution is -0.112. The molecule has 0 aliphatic carbocycles. The summed E-state index contributed by atoms with van der Waals surface area (Å²) in [7, 11) is 0. The number of amides is 1. The Balaban J connectivity index is 1.68. The first kappa shape index (κ1) is 20.4. The number of halogens is 2. The Hall–Kier alpha value is -3.88. The third-order valence-electron chi connectivity index (χ3n) is 4.87. The van der Waals surface area contributed by atoms with Gasteiger partial charge in [-0.15, -0.1) is 0 Å². The van der Waals surface area contributed by atoms with Gasteiger partial charge in [-0.2, -0.15) is 5.26 Å². The second kappa shape index (κ2) is 8.86. The number of benzene rings is 3. The number of nitrogens with zero attached hydrogens (tertiary/aromatic N) is 2. The first-order chi connectivity index (χ1) is 15.0. The Morgan fingerprint density at radius 3 is 2.52 bits per heavy atom. The fourth-order valence-corrected chi connectivity index (χ4v) is 3.49. The predicted octanol–water partition coefficient (Wildman–Crippen LogP) is 6.03. The Morgan fingerprint density at radius 1 is 1.06 bits per heavy atom. The summed E-state index contributed by atoms with van der Waals surface area (Å²) in [5, 5.41) is 13.6. The summed E-state index contributed by atoms with van der Waals surface area (Å²) in [6.07, 6.45) is 3.42. The maximum atomic E-state index is 13.9. The fraction of sp³-hybridized carbons (Fsp3) is 0.0400. The van der Waals surface area contributed by atoms with Crippen LogP contribution < -0.4 is 5.32 Å². The minimum absolute atomic E-state index is 0.0267. The molecular formula is C25H17ClFN3O. The van der Waals surface area contributed by atoms with E-state index in [1.807, 2.05) is 65.4 Å². The first-order valence-corrected chi connectivity index (χ1v) is 9.93. The fourth-order valence-electron chi connectivity index (χ4n) is 3.36. The third-order valence-corrected chi connectivity index (χ3v) is 5.12. The predicted molar refractivity (Wildman–Crippen MR) is 121 cm³/mol. The molecule has 0 spiro atoms. The average Bonchev–Trinajstić information content (AvgIpc) is 3.12. The topological polar surface area (TPSA) is 57.8 Å². The smallest absolute Gasteiger partial charge is 0.266 e. The maximum Gasteiger partial charge on any atom is 0.266 e. The number of anilines is 1. The molecule has 1 heterocycles. The van der Waals surface area contributed by atoms with Crippen LogP contribution in [0.25, 0.3) is 17.0 Å². The number of fused-ring (bicyclic) bond motifs is 1. The minimum Gasteiger partial charge on any atom is -0.342 e. The molecular weight excluding hydrogens is 413 g/mol. The van der Waals surface area contributed by atoms with Crippen molar-refractivity contribution in [3.05, 3.63) is 107 Å². The monoisotopic (exact) mass is 429 g/mol. The molecule has 0 aliphatic heterocycles. The maximum absolute atomic E-state index is 13.9. The molecule has 0 saturated carbocycles. The molecule has 0 radical (unpaired) electrons. The van der Waals surface area contributed by atoms with Crippen LogP contribution in [0.3, 0.4) is 0 Å². The van der Waals surface area contributed by atoms with Crippen LogP contribution in [0.2, 0.25) is 5.02 Å². The van der Waals surface area contributed by atoms with Gasteiger partial charge in [-0.05, 0) is 42.0 Å². The van der Waals surface area contributed by atoms with E-state index in [-0.39, 0.29) is 11.3 Å². The van der Waals surface area contributed by atoms with Crippen molar-refractivity contribution < 1.29 is 9.18 Å². The van der Waals surface area contributed by atoms with Crippen LogP contribution in [0.1, 0.15) is 11.1 Å². The standard InChI is InChI=1S/C25H17ClFN3O/c26-20-11-9-17(10-12-20)15-30-16-19(21-5-1-4-8-24(21)30)13-18(14-28)25(31)29-23-7-3-2-6-22(23)27/h1-13,16H,15H2,(H,29,31)/b18-13-. The van der Waals surface area contributed by atoms with Gasteiger partial charge in [0, 0.05) is 34.2 Å². The van der Waals surface area contributed by atoms with Crippen LogP contribution >= 0.6 is 11.6 Å².